The van der Waals surface area contributed by atoms with Gasteiger partial charge < -0.3 is 10.2 Å². The third-order valence-corrected chi connectivity index (χ3v) is 7.40. The number of aryl methyl sites for hydroxylation is 1. The number of benzene rings is 3. The molecule has 1 N–H and O–H groups in total. The number of sulfonamides is 1. The Hall–Kier alpha value is -3.65. The maximum atomic E-state index is 13.7. The average molecular weight is 494 g/mol. The summed E-state index contributed by atoms with van der Waals surface area (Å²) in [4.78, 5) is 27.8. The van der Waals surface area contributed by atoms with E-state index in [1.165, 1.54) is 17.0 Å². The van der Waals surface area contributed by atoms with Gasteiger partial charge in [-0.2, -0.15) is 0 Å². The molecule has 3 aromatic carbocycles. The van der Waals surface area contributed by atoms with Gasteiger partial charge in [0.05, 0.1) is 10.6 Å². The average Bonchev–Trinajstić information content (AvgIpc) is 2.86. The van der Waals surface area contributed by atoms with Gasteiger partial charge in [0.2, 0.25) is 11.8 Å². The highest BCUT2D eigenvalue weighted by atomic mass is 32.2. The summed E-state index contributed by atoms with van der Waals surface area (Å²) >= 11 is 0. The number of carbonyl (C=O) groups is 2. The van der Waals surface area contributed by atoms with Crippen LogP contribution < -0.4 is 9.62 Å². The van der Waals surface area contributed by atoms with E-state index in [9.17, 15) is 18.0 Å². The fraction of sp³-hybridized carbons (Fsp3) is 0.259. The maximum absolute atomic E-state index is 13.7. The minimum Gasteiger partial charge on any atom is -0.355 e. The third-order valence-electron chi connectivity index (χ3n) is 5.61. The fourth-order valence-corrected chi connectivity index (χ4v) is 5.14. The molecule has 0 aliphatic rings. The van der Waals surface area contributed by atoms with Gasteiger partial charge in [0.1, 0.15) is 12.6 Å². The Balaban J connectivity index is 2.01. The second-order valence-electron chi connectivity index (χ2n) is 8.24. The summed E-state index contributed by atoms with van der Waals surface area (Å²) in [7, 11) is -4.04. The van der Waals surface area contributed by atoms with E-state index < -0.39 is 28.5 Å². The van der Waals surface area contributed by atoms with Crippen molar-refractivity contribution >= 4 is 27.5 Å². The van der Waals surface area contributed by atoms with Crippen LogP contribution in [0.2, 0.25) is 0 Å². The number of rotatable bonds is 10. The van der Waals surface area contributed by atoms with Crippen LogP contribution in [0.4, 0.5) is 5.69 Å². The van der Waals surface area contributed by atoms with Crippen molar-refractivity contribution in [1.29, 1.82) is 0 Å². The summed E-state index contributed by atoms with van der Waals surface area (Å²) < 4.78 is 28.4. The Morgan fingerprint density at radius 3 is 2.14 bits per heavy atom. The molecule has 0 radical (unpaired) electrons. The highest BCUT2D eigenvalue weighted by Crippen LogP contribution is 2.25. The fourth-order valence-electron chi connectivity index (χ4n) is 3.72. The van der Waals surface area contributed by atoms with Crippen LogP contribution in [0.1, 0.15) is 25.0 Å². The van der Waals surface area contributed by atoms with Gasteiger partial charge in [-0.25, -0.2) is 8.42 Å². The van der Waals surface area contributed by atoms with E-state index in [-0.39, 0.29) is 17.3 Å². The van der Waals surface area contributed by atoms with Gasteiger partial charge in [0, 0.05) is 13.1 Å². The zero-order chi connectivity index (χ0) is 25.4. The number of carbonyl (C=O) groups excluding carboxylic acids is 2. The number of likely N-dealkylation sites (N-methyl/N-ethyl adjacent to an activating group) is 1. The molecule has 3 rings (SSSR count). The van der Waals surface area contributed by atoms with Crippen molar-refractivity contribution in [2.45, 2.75) is 38.3 Å². The van der Waals surface area contributed by atoms with Crippen LogP contribution in [0.15, 0.2) is 89.8 Å². The predicted octanol–water partition coefficient (Wildman–Crippen LogP) is 3.74. The van der Waals surface area contributed by atoms with Crippen LogP contribution in [0.25, 0.3) is 0 Å². The molecule has 3 aromatic rings. The van der Waals surface area contributed by atoms with E-state index in [4.69, 9.17) is 0 Å². The smallest absolute Gasteiger partial charge is 0.264 e. The lowest BCUT2D eigenvalue weighted by molar-refractivity contribution is -0.139. The molecule has 7 nitrogen and oxygen atoms in total. The lowest BCUT2D eigenvalue weighted by atomic mass is 10.1. The largest absolute Gasteiger partial charge is 0.355 e. The van der Waals surface area contributed by atoms with Crippen molar-refractivity contribution < 1.29 is 18.0 Å². The van der Waals surface area contributed by atoms with Crippen molar-refractivity contribution in [3.8, 4) is 0 Å². The minimum absolute atomic E-state index is 0.0840. The monoisotopic (exact) mass is 493 g/mol. The lowest BCUT2D eigenvalue weighted by Crippen LogP contribution is -2.51. The van der Waals surface area contributed by atoms with Crippen molar-refractivity contribution in [2.24, 2.45) is 0 Å². The summed E-state index contributed by atoms with van der Waals surface area (Å²) in [6.45, 7) is 5.46. The number of hydrogen-bond donors (Lipinski definition) is 1. The molecule has 0 saturated heterocycles. The molecule has 0 fully saturated rings. The van der Waals surface area contributed by atoms with Crippen molar-refractivity contribution in [1.82, 2.24) is 10.2 Å². The molecule has 1 atom stereocenters. The summed E-state index contributed by atoms with van der Waals surface area (Å²) in [5.74, 6) is -0.779. The van der Waals surface area contributed by atoms with Crippen molar-refractivity contribution in [3.63, 3.8) is 0 Å². The van der Waals surface area contributed by atoms with Crippen LogP contribution in [-0.4, -0.2) is 44.3 Å². The molecule has 0 aliphatic heterocycles. The molecule has 184 valence electrons. The van der Waals surface area contributed by atoms with Gasteiger partial charge in [-0.3, -0.25) is 13.9 Å². The molecule has 0 aliphatic carbocycles. The molecule has 2 amide bonds. The minimum atomic E-state index is -4.04. The van der Waals surface area contributed by atoms with Gasteiger partial charge in [0.15, 0.2) is 0 Å². The van der Waals surface area contributed by atoms with E-state index in [0.717, 1.165) is 15.4 Å². The molecule has 0 aromatic heterocycles. The highest BCUT2D eigenvalue weighted by Gasteiger charge is 2.32. The van der Waals surface area contributed by atoms with Gasteiger partial charge in [0.25, 0.3) is 10.0 Å². The first-order valence-corrected chi connectivity index (χ1v) is 12.9. The highest BCUT2D eigenvalue weighted by molar-refractivity contribution is 7.92. The number of nitrogens with one attached hydrogen (secondary N) is 1. The topological polar surface area (TPSA) is 86.8 Å². The van der Waals surface area contributed by atoms with Crippen LogP contribution in [-0.2, 0) is 26.2 Å². The summed E-state index contributed by atoms with van der Waals surface area (Å²) in [6.07, 6.45) is 0. The van der Waals surface area contributed by atoms with Crippen molar-refractivity contribution in [3.05, 3.63) is 96.1 Å². The molecule has 0 saturated carbocycles. The van der Waals surface area contributed by atoms with E-state index in [2.05, 4.69) is 5.32 Å². The molecule has 0 bridgehead atoms. The molecule has 0 unspecified atom stereocenters. The van der Waals surface area contributed by atoms with E-state index in [0.29, 0.717) is 12.2 Å². The van der Waals surface area contributed by atoms with Gasteiger partial charge >= 0.3 is 0 Å². The second-order valence-corrected chi connectivity index (χ2v) is 10.1. The third kappa shape index (κ3) is 6.48. The standard InChI is InChI=1S/C27H31N3O4S/c1-4-28-27(32)22(3)29(19-23-13-7-5-8-14-23)26(31)20-30(24-15-11-12-21(2)18-24)35(33,34)25-16-9-6-10-17-25/h5-18,22H,4,19-20H2,1-3H3,(H,28,32)/t22-/m0/s1. The Morgan fingerprint density at radius 2 is 1.54 bits per heavy atom. The van der Waals surface area contributed by atoms with Crippen LogP contribution in [0.5, 0.6) is 0 Å². The summed E-state index contributed by atoms with van der Waals surface area (Å²) in [5, 5.41) is 2.75. The Labute approximate surface area is 207 Å². The molecule has 0 heterocycles. The number of anilines is 1. The predicted molar refractivity (Wildman–Crippen MR) is 137 cm³/mol. The number of nitrogens with zero attached hydrogens (tertiary/aromatic N) is 2. The quantitative estimate of drug-likeness (QED) is 0.466. The molecular formula is C27H31N3O4S. The first-order valence-electron chi connectivity index (χ1n) is 11.5. The number of amides is 2. The lowest BCUT2D eigenvalue weighted by Gasteiger charge is -2.32. The SMILES string of the molecule is CCNC(=O)[C@H](C)N(Cc1ccccc1)C(=O)CN(c1cccc(C)c1)S(=O)(=O)c1ccccc1. The Bertz CT molecular complexity index is 1250. The van der Waals surface area contributed by atoms with Gasteiger partial charge in [-0.05, 0) is 56.2 Å². The van der Waals surface area contributed by atoms with Crippen LogP contribution in [0, 0.1) is 6.92 Å². The zero-order valence-electron chi connectivity index (χ0n) is 20.2. The molecular weight excluding hydrogens is 462 g/mol. The Kier molecular flexibility index (Phi) is 8.65. The second kappa shape index (κ2) is 11.7. The molecule has 0 spiro atoms. The first-order chi connectivity index (χ1) is 16.7. The number of hydrogen-bond acceptors (Lipinski definition) is 4. The van der Waals surface area contributed by atoms with E-state index >= 15 is 0 Å². The molecule has 8 heteroatoms. The van der Waals surface area contributed by atoms with Gasteiger partial charge in [-0.1, -0.05) is 60.7 Å². The van der Waals surface area contributed by atoms with E-state index in [1.54, 1.807) is 50.2 Å². The summed E-state index contributed by atoms with van der Waals surface area (Å²) in [5.41, 5.74) is 2.08. The normalized spacial score (nSPS) is 12.0. The van der Waals surface area contributed by atoms with E-state index in [1.807, 2.05) is 43.3 Å². The van der Waals surface area contributed by atoms with Crippen molar-refractivity contribution in [2.75, 3.05) is 17.4 Å². The zero-order valence-corrected chi connectivity index (χ0v) is 21.0. The maximum Gasteiger partial charge on any atom is 0.264 e. The Morgan fingerprint density at radius 1 is 0.914 bits per heavy atom. The summed E-state index contributed by atoms with van der Waals surface area (Å²) in [6, 6.07) is 23.5. The molecule has 35 heavy (non-hydrogen) atoms. The first kappa shape index (κ1) is 26.0. The van der Waals surface area contributed by atoms with Crippen LogP contribution in [0.3, 0.4) is 0 Å². The van der Waals surface area contributed by atoms with Crippen LogP contribution >= 0.6 is 0 Å². The van der Waals surface area contributed by atoms with Gasteiger partial charge in [-0.15, -0.1) is 0 Å².